The lowest BCUT2D eigenvalue weighted by molar-refractivity contribution is -0.138. The number of nitrogens with two attached hydrogens (primary N) is 2. The van der Waals surface area contributed by atoms with Crippen LogP contribution in [-0.4, -0.2) is 80.9 Å². The van der Waals surface area contributed by atoms with Crippen LogP contribution in [0.5, 0.6) is 0 Å². The Morgan fingerprint density at radius 2 is 2.07 bits per heavy atom. The molecule has 0 spiro atoms. The zero-order valence-corrected chi connectivity index (χ0v) is 14.9. The van der Waals surface area contributed by atoms with Crippen LogP contribution in [0.25, 0.3) is 11.2 Å². The van der Waals surface area contributed by atoms with Crippen molar-refractivity contribution in [2.75, 3.05) is 17.2 Å². The molecule has 0 bridgehead atoms. The summed E-state index contributed by atoms with van der Waals surface area (Å²) >= 11 is 0. The second kappa shape index (κ2) is 7.82. The molecule has 6 unspecified atom stereocenters. The minimum absolute atomic E-state index is 0.0269. The molecule has 148 valence electrons. The first-order chi connectivity index (χ1) is 12.8. The van der Waals surface area contributed by atoms with Gasteiger partial charge in [-0.2, -0.15) is 0 Å². The number of fused-ring (bicyclic) bond motifs is 1. The number of rotatable bonds is 7. The van der Waals surface area contributed by atoms with Crippen LogP contribution < -0.4 is 11.5 Å². The lowest BCUT2D eigenvalue weighted by Crippen LogP contribution is -2.36. The van der Waals surface area contributed by atoms with E-state index in [2.05, 4.69) is 15.0 Å². The molecule has 0 radical (unpaired) electrons. The number of nitrogen functional groups attached to an aromatic ring is 1. The highest BCUT2D eigenvalue weighted by molar-refractivity contribution is 7.85. The van der Waals surface area contributed by atoms with Crippen LogP contribution in [0.15, 0.2) is 12.7 Å². The standard InChI is InChI=1S/C14H20N6O6S/c15-6(14(23)24)1-2-27(25)3-7-9(21)10(22)13(26-7)20-5-19-8-11(16)17-4-18-12(8)20/h4-7,9-10,13,21-22H,1-3,15H2,(H,23,24)(H2,16,17,18). The van der Waals surface area contributed by atoms with Gasteiger partial charge in [-0.3, -0.25) is 13.6 Å². The van der Waals surface area contributed by atoms with Gasteiger partial charge in [0.1, 0.15) is 36.2 Å². The number of nitrogens with zero attached hydrogens (tertiary/aromatic N) is 4. The largest absolute Gasteiger partial charge is 0.480 e. The lowest BCUT2D eigenvalue weighted by Gasteiger charge is -2.16. The number of hydrogen-bond donors (Lipinski definition) is 5. The van der Waals surface area contributed by atoms with Gasteiger partial charge in [0, 0.05) is 16.6 Å². The smallest absolute Gasteiger partial charge is 0.320 e. The van der Waals surface area contributed by atoms with E-state index in [1.165, 1.54) is 17.2 Å². The number of imidazole rings is 1. The highest BCUT2D eigenvalue weighted by Gasteiger charge is 2.44. The fourth-order valence-corrected chi connectivity index (χ4v) is 4.13. The van der Waals surface area contributed by atoms with E-state index in [4.69, 9.17) is 21.3 Å². The molecule has 13 heteroatoms. The second-order valence-electron chi connectivity index (χ2n) is 6.17. The zero-order valence-electron chi connectivity index (χ0n) is 14.1. The van der Waals surface area contributed by atoms with Crippen molar-refractivity contribution in [2.45, 2.75) is 37.0 Å². The summed E-state index contributed by atoms with van der Waals surface area (Å²) in [6.45, 7) is 0. The molecule has 0 aromatic carbocycles. The molecule has 3 rings (SSSR count). The van der Waals surface area contributed by atoms with E-state index >= 15 is 0 Å². The van der Waals surface area contributed by atoms with E-state index in [0.717, 1.165) is 0 Å². The van der Waals surface area contributed by atoms with Crippen molar-refractivity contribution in [2.24, 2.45) is 5.73 Å². The summed E-state index contributed by atoms with van der Waals surface area (Å²) in [4.78, 5) is 22.7. The molecule has 1 fully saturated rings. The summed E-state index contributed by atoms with van der Waals surface area (Å²) in [5.74, 6) is -1.05. The number of aliphatic carboxylic acids is 1. The molecule has 0 amide bonds. The third kappa shape index (κ3) is 3.91. The Morgan fingerprint density at radius 3 is 2.78 bits per heavy atom. The SMILES string of the molecule is Nc1ncnc2c1ncn2C1OC(CS(=O)CCC(N)C(=O)O)C(O)C1O. The van der Waals surface area contributed by atoms with Gasteiger partial charge in [-0.05, 0) is 6.42 Å². The van der Waals surface area contributed by atoms with Crippen LogP contribution in [-0.2, 0) is 20.3 Å². The van der Waals surface area contributed by atoms with Gasteiger partial charge < -0.3 is 31.5 Å². The van der Waals surface area contributed by atoms with E-state index in [-0.39, 0.29) is 23.7 Å². The molecule has 2 aromatic heterocycles. The van der Waals surface area contributed by atoms with E-state index in [1.54, 1.807) is 0 Å². The predicted octanol–water partition coefficient (Wildman–Crippen LogP) is -2.42. The third-order valence-electron chi connectivity index (χ3n) is 4.32. The van der Waals surface area contributed by atoms with Crippen LogP contribution in [0.1, 0.15) is 12.6 Å². The second-order valence-corrected chi connectivity index (χ2v) is 7.79. The van der Waals surface area contributed by atoms with Crippen LogP contribution >= 0.6 is 0 Å². The molecule has 7 N–H and O–H groups in total. The fourth-order valence-electron chi connectivity index (χ4n) is 2.80. The van der Waals surface area contributed by atoms with Crippen molar-refractivity contribution in [3.63, 3.8) is 0 Å². The minimum Gasteiger partial charge on any atom is -0.480 e. The summed E-state index contributed by atoms with van der Waals surface area (Å²) in [5.41, 5.74) is 11.8. The molecule has 0 aliphatic carbocycles. The predicted molar refractivity (Wildman–Crippen MR) is 93.8 cm³/mol. The van der Waals surface area contributed by atoms with Crippen LogP contribution in [0, 0.1) is 0 Å². The average molecular weight is 400 g/mol. The van der Waals surface area contributed by atoms with Crippen molar-refractivity contribution in [3.8, 4) is 0 Å². The summed E-state index contributed by atoms with van der Waals surface area (Å²) in [6.07, 6.45) is -1.87. The fraction of sp³-hybridized carbons (Fsp3) is 0.571. The molecular formula is C14H20N6O6S. The summed E-state index contributed by atoms with van der Waals surface area (Å²) in [7, 11) is -1.49. The maximum absolute atomic E-state index is 12.2. The Bertz CT molecular complexity index is 862. The van der Waals surface area contributed by atoms with Gasteiger partial charge in [-0.15, -0.1) is 0 Å². The molecule has 2 aromatic rings. The molecule has 3 heterocycles. The summed E-state index contributed by atoms with van der Waals surface area (Å²) < 4.78 is 19.3. The third-order valence-corrected chi connectivity index (χ3v) is 5.71. The van der Waals surface area contributed by atoms with E-state index < -0.39 is 47.4 Å². The molecule has 0 saturated carbocycles. The first-order valence-corrected chi connectivity index (χ1v) is 9.56. The van der Waals surface area contributed by atoms with Crippen molar-refractivity contribution in [3.05, 3.63) is 12.7 Å². The maximum Gasteiger partial charge on any atom is 0.320 e. The van der Waals surface area contributed by atoms with Crippen LogP contribution in [0.4, 0.5) is 5.82 Å². The van der Waals surface area contributed by atoms with Gasteiger partial charge in [0.2, 0.25) is 0 Å². The van der Waals surface area contributed by atoms with Crippen LogP contribution in [0.2, 0.25) is 0 Å². The normalized spacial score (nSPS) is 27.7. The number of carbonyl (C=O) groups is 1. The molecule has 1 aliphatic heterocycles. The number of aliphatic hydroxyl groups excluding tert-OH is 2. The molecule has 27 heavy (non-hydrogen) atoms. The Kier molecular flexibility index (Phi) is 5.67. The summed E-state index contributed by atoms with van der Waals surface area (Å²) in [6, 6.07) is -1.11. The molecule has 12 nitrogen and oxygen atoms in total. The Hall–Kier alpha value is -2.19. The van der Waals surface area contributed by atoms with Gasteiger partial charge in [0.15, 0.2) is 17.7 Å². The number of hydrogen-bond acceptors (Lipinski definition) is 10. The van der Waals surface area contributed by atoms with Crippen molar-refractivity contribution in [1.29, 1.82) is 0 Å². The van der Waals surface area contributed by atoms with Crippen molar-refractivity contribution in [1.82, 2.24) is 19.5 Å². The zero-order chi connectivity index (χ0) is 19.7. The number of anilines is 1. The number of carboxylic acids is 1. The average Bonchev–Trinajstić information content (AvgIpc) is 3.17. The van der Waals surface area contributed by atoms with Crippen molar-refractivity contribution >= 4 is 33.8 Å². The molecule has 1 aliphatic rings. The number of carboxylic acid groups (broad SMARTS) is 1. The maximum atomic E-state index is 12.2. The quantitative estimate of drug-likeness (QED) is 0.331. The van der Waals surface area contributed by atoms with Crippen molar-refractivity contribution < 1.29 is 29.1 Å². The van der Waals surface area contributed by atoms with E-state index in [0.29, 0.717) is 11.2 Å². The van der Waals surface area contributed by atoms with E-state index in [1.807, 2.05) is 0 Å². The van der Waals surface area contributed by atoms with Gasteiger partial charge in [-0.25, -0.2) is 15.0 Å². The topological polar surface area (TPSA) is 200 Å². The first kappa shape index (κ1) is 19.6. The monoisotopic (exact) mass is 400 g/mol. The number of aromatic nitrogens is 4. The Morgan fingerprint density at radius 1 is 1.33 bits per heavy atom. The molecular weight excluding hydrogens is 380 g/mol. The van der Waals surface area contributed by atoms with Gasteiger partial charge in [-0.1, -0.05) is 0 Å². The molecule has 6 atom stereocenters. The Balaban J connectivity index is 1.69. The molecule has 1 saturated heterocycles. The van der Waals surface area contributed by atoms with Gasteiger partial charge >= 0.3 is 5.97 Å². The number of aliphatic hydroxyl groups is 2. The highest BCUT2D eigenvalue weighted by atomic mass is 32.2. The lowest BCUT2D eigenvalue weighted by atomic mass is 10.1. The minimum atomic E-state index is -1.49. The van der Waals surface area contributed by atoms with Crippen LogP contribution in [0.3, 0.4) is 0 Å². The van der Waals surface area contributed by atoms with Gasteiger partial charge in [0.05, 0.1) is 12.1 Å². The highest BCUT2D eigenvalue weighted by Crippen LogP contribution is 2.32. The Labute approximate surface area is 155 Å². The first-order valence-electron chi connectivity index (χ1n) is 8.07. The van der Waals surface area contributed by atoms with E-state index in [9.17, 15) is 19.2 Å². The summed E-state index contributed by atoms with van der Waals surface area (Å²) in [5, 5.41) is 29.3. The number of ether oxygens (including phenoxy) is 1. The van der Waals surface area contributed by atoms with Gasteiger partial charge in [0.25, 0.3) is 0 Å².